The summed E-state index contributed by atoms with van der Waals surface area (Å²) in [5, 5.41) is 1.75. The molecule has 0 fully saturated rings. The van der Waals surface area contributed by atoms with E-state index in [0.717, 1.165) is 22.9 Å². The predicted octanol–water partition coefficient (Wildman–Crippen LogP) is 6.05. The Morgan fingerprint density at radius 2 is 1.62 bits per heavy atom. The van der Waals surface area contributed by atoms with Crippen molar-refractivity contribution in [2.45, 2.75) is 17.5 Å². The first kappa shape index (κ1) is 22.2. The topological polar surface area (TPSA) is 58.5 Å². The summed E-state index contributed by atoms with van der Waals surface area (Å²) in [5.74, 6) is 0. The smallest absolute Gasteiger partial charge is 0.284 e. The van der Waals surface area contributed by atoms with Crippen LogP contribution >= 0.6 is 0 Å². The molecule has 0 saturated carbocycles. The first-order valence-electron chi connectivity index (χ1n) is 10.6. The molecule has 0 bridgehead atoms. The summed E-state index contributed by atoms with van der Waals surface area (Å²) < 4.78 is 68.0. The molecule has 5 rings (SSSR count). The lowest BCUT2D eigenvalue weighted by Gasteiger charge is -2.19. The van der Waals surface area contributed by atoms with Crippen molar-refractivity contribution in [3.63, 3.8) is 0 Å². The van der Waals surface area contributed by atoms with E-state index in [4.69, 9.17) is 0 Å². The molecule has 0 amide bonds. The summed E-state index contributed by atoms with van der Waals surface area (Å²) >= 11 is 0. The molecule has 1 aliphatic heterocycles. The Balaban J connectivity index is 1.46. The van der Waals surface area contributed by atoms with Gasteiger partial charge in [0, 0.05) is 23.4 Å². The molecule has 0 aromatic heterocycles. The molecule has 1 heterocycles. The Morgan fingerprint density at radius 3 is 2.41 bits per heavy atom. The van der Waals surface area contributed by atoms with Crippen molar-refractivity contribution >= 4 is 32.2 Å². The zero-order valence-corrected chi connectivity index (χ0v) is 18.6. The van der Waals surface area contributed by atoms with Crippen molar-refractivity contribution in [1.82, 2.24) is 0 Å². The fourth-order valence-electron chi connectivity index (χ4n) is 4.11. The van der Waals surface area contributed by atoms with Crippen LogP contribution in [0.15, 0.2) is 94.8 Å². The maximum absolute atomic E-state index is 13.1. The lowest BCUT2D eigenvalue weighted by molar-refractivity contribution is -0.137. The maximum atomic E-state index is 13.1. The van der Waals surface area contributed by atoms with Crippen molar-refractivity contribution in [3.8, 4) is 0 Å². The van der Waals surface area contributed by atoms with Gasteiger partial charge in [-0.15, -0.1) is 0 Å². The molecule has 0 atom stereocenters. The first-order valence-corrected chi connectivity index (χ1v) is 12.1. The number of halogens is 3. The molecule has 1 aliphatic rings. The molecule has 0 aliphatic carbocycles. The van der Waals surface area contributed by atoms with Gasteiger partial charge in [-0.05, 0) is 59.2 Å². The summed E-state index contributed by atoms with van der Waals surface area (Å²) in [7, 11) is -3.85. The highest BCUT2D eigenvalue weighted by molar-refractivity contribution is 7.92. The molecular weight excluding hydrogens is 461 g/mol. The zero-order valence-electron chi connectivity index (χ0n) is 17.8. The molecule has 0 radical (unpaired) electrons. The van der Waals surface area contributed by atoms with Gasteiger partial charge in [-0.2, -0.15) is 13.2 Å². The van der Waals surface area contributed by atoms with Crippen LogP contribution in [0.4, 0.5) is 18.9 Å². The van der Waals surface area contributed by atoms with Crippen molar-refractivity contribution < 1.29 is 21.6 Å². The fourth-order valence-corrected chi connectivity index (χ4v) is 5.19. The number of nitrogens with one attached hydrogen (secondary N) is 1. The molecular formula is C26H19F3N2O2S. The number of benzene rings is 4. The molecule has 0 saturated heterocycles. The first-order chi connectivity index (χ1) is 16.2. The summed E-state index contributed by atoms with van der Waals surface area (Å²) in [6.45, 7) is 0.358. The number of rotatable bonds is 4. The highest BCUT2D eigenvalue weighted by Gasteiger charge is 2.31. The average molecular weight is 481 g/mol. The molecule has 4 nitrogen and oxygen atoms in total. The van der Waals surface area contributed by atoms with Gasteiger partial charge >= 0.3 is 6.18 Å². The number of nitrogens with zero attached hydrogens (tertiary/aromatic N) is 1. The van der Waals surface area contributed by atoms with Gasteiger partial charge in [0.1, 0.15) is 0 Å². The van der Waals surface area contributed by atoms with E-state index in [9.17, 15) is 21.6 Å². The summed E-state index contributed by atoms with van der Waals surface area (Å²) in [6.07, 6.45) is -4.00. The van der Waals surface area contributed by atoms with Crippen LogP contribution in [0, 0.1) is 0 Å². The number of fused-ring (bicyclic) bond motifs is 2. The highest BCUT2D eigenvalue weighted by atomic mass is 32.2. The Morgan fingerprint density at radius 1 is 0.824 bits per heavy atom. The van der Waals surface area contributed by atoms with Gasteiger partial charge in [-0.1, -0.05) is 48.5 Å². The third-order valence-electron chi connectivity index (χ3n) is 5.76. The third kappa shape index (κ3) is 4.28. The largest absolute Gasteiger partial charge is 0.416 e. The second-order valence-corrected chi connectivity index (χ2v) is 9.73. The van der Waals surface area contributed by atoms with Crippen molar-refractivity contribution in [3.05, 3.63) is 107 Å². The van der Waals surface area contributed by atoms with E-state index in [-0.39, 0.29) is 4.90 Å². The fraction of sp³-hybridized carbons (Fsp3) is 0.115. The average Bonchev–Trinajstić information content (AvgIpc) is 2.82. The lowest BCUT2D eigenvalue weighted by Crippen LogP contribution is -2.17. The van der Waals surface area contributed by atoms with Crippen LogP contribution in [0.25, 0.3) is 10.8 Å². The van der Waals surface area contributed by atoms with Gasteiger partial charge in [-0.3, -0.25) is 9.71 Å². The second kappa shape index (κ2) is 8.29. The van der Waals surface area contributed by atoms with E-state index in [2.05, 4.69) is 9.71 Å². The minimum atomic E-state index is -4.41. The van der Waals surface area contributed by atoms with Crippen LogP contribution in [0.1, 0.15) is 22.3 Å². The van der Waals surface area contributed by atoms with Gasteiger partial charge in [0.25, 0.3) is 10.0 Å². The van der Waals surface area contributed by atoms with Crippen LogP contribution in [-0.4, -0.2) is 20.7 Å². The van der Waals surface area contributed by atoms with Crippen LogP contribution in [0.2, 0.25) is 0 Å². The number of sulfonamides is 1. The molecule has 4 aromatic rings. The Labute approximate surface area is 194 Å². The number of hydrogen-bond donors (Lipinski definition) is 1. The predicted molar refractivity (Wildman–Crippen MR) is 127 cm³/mol. The zero-order chi connectivity index (χ0) is 23.9. The van der Waals surface area contributed by atoms with E-state index >= 15 is 0 Å². The van der Waals surface area contributed by atoms with E-state index in [0.29, 0.717) is 41.1 Å². The number of aliphatic imine (C=N–C) groups is 1. The molecule has 8 heteroatoms. The summed E-state index contributed by atoms with van der Waals surface area (Å²) in [6, 6.07) is 22.8. The molecule has 172 valence electrons. The van der Waals surface area contributed by atoms with E-state index in [1.54, 1.807) is 42.5 Å². The standard InChI is InChI=1S/C26H19F3N2O2S/c27-26(28,29)21-9-11-24-19(14-21)12-13-30-25(24)20-6-3-7-22(15-20)31-34(32,33)23-10-8-17-4-1-2-5-18(17)16-23/h1-11,14-16,31H,12-13H2. The van der Waals surface area contributed by atoms with Crippen molar-refractivity contribution in [1.29, 1.82) is 0 Å². The van der Waals surface area contributed by atoms with Gasteiger partial charge < -0.3 is 0 Å². The second-order valence-electron chi connectivity index (χ2n) is 8.05. The number of alkyl halides is 3. The van der Waals surface area contributed by atoms with Crippen molar-refractivity contribution in [2.24, 2.45) is 4.99 Å². The summed E-state index contributed by atoms with van der Waals surface area (Å²) in [5.41, 5.74) is 2.01. The van der Waals surface area contributed by atoms with Gasteiger partial charge in [-0.25, -0.2) is 8.42 Å². The number of anilines is 1. The molecule has 4 aromatic carbocycles. The Hall–Kier alpha value is -3.65. The third-order valence-corrected chi connectivity index (χ3v) is 7.14. The van der Waals surface area contributed by atoms with Crippen LogP contribution in [0.5, 0.6) is 0 Å². The van der Waals surface area contributed by atoms with E-state index < -0.39 is 21.8 Å². The molecule has 1 N–H and O–H groups in total. The van der Waals surface area contributed by atoms with Crippen LogP contribution in [0.3, 0.4) is 0 Å². The summed E-state index contributed by atoms with van der Waals surface area (Å²) in [4.78, 5) is 4.66. The van der Waals surface area contributed by atoms with E-state index in [1.165, 1.54) is 6.07 Å². The Bertz CT molecular complexity index is 1540. The normalized spacial score (nSPS) is 13.9. The van der Waals surface area contributed by atoms with Gasteiger partial charge in [0.2, 0.25) is 0 Å². The number of hydrogen-bond acceptors (Lipinski definition) is 3. The highest BCUT2D eigenvalue weighted by Crippen LogP contribution is 2.32. The maximum Gasteiger partial charge on any atom is 0.416 e. The van der Waals surface area contributed by atoms with Gasteiger partial charge in [0.05, 0.1) is 16.2 Å². The SMILES string of the molecule is O=S(=O)(Nc1cccc(C2=NCCc3cc(C(F)(F)F)ccc32)c1)c1ccc2ccccc2c1. The monoisotopic (exact) mass is 480 g/mol. The van der Waals surface area contributed by atoms with Crippen molar-refractivity contribution in [2.75, 3.05) is 11.3 Å². The molecule has 0 unspecified atom stereocenters. The van der Waals surface area contributed by atoms with Crippen LogP contribution in [-0.2, 0) is 22.6 Å². The van der Waals surface area contributed by atoms with Gasteiger partial charge in [0.15, 0.2) is 0 Å². The minimum absolute atomic E-state index is 0.136. The van der Waals surface area contributed by atoms with E-state index in [1.807, 2.05) is 24.3 Å². The Kier molecular flexibility index (Phi) is 5.40. The molecule has 0 spiro atoms. The molecule has 34 heavy (non-hydrogen) atoms. The minimum Gasteiger partial charge on any atom is -0.284 e. The quantitative estimate of drug-likeness (QED) is 0.386. The lowest BCUT2D eigenvalue weighted by atomic mass is 9.91. The van der Waals surface area contributed by atoms with Crippen LogP contribution < -0.4 is 4.72 Å².